The molecule has 2 rings (SSSR count). The van der Waals surface area contributed by atoms with Gasteiger partial charge in [-0.15, -0.1) is 0 Å². The summed E-state index contributed by atoms with van der Waals surface area (Å²) in [5, 5.41) is 13.8. The van der Waals surface area contributed by atoms with Crippen LogP contribution in [-0.4, -0.2) is 23.3 Å². The highest BCUT2D eigenvalue weighted by molar-refractivity contribution is 4.90. The van der Waals surface area contributed by atoms with Crippen molar-refractivity contribution in [3.8, 4) is 0 Å². The van der Waals surface area contributed by atoms with Crippen LogP contribution in [0.1, 0.15) is 65.2 Å². The van der Waals surface area contributed by atoms with Gasteiger partial charge in [-0.3, -0.25) is 0 Å². The van der Waals surface area contributed by atoms with Gasteiger partial charge >= 0.3 is 0 Å². The van der Waals surface area contributed by atoms with Gasteiger partial charge in [-0.25, -0.2) is 0 Å². The molecule has 2 aliphatic carbocycles. The van der Waals surface area contributed by atoms with E-state index in [0.717, 1.165) is 12.8 Å². The van der Waals surface area contributed by atoms with Gasteiger partial charge in [-0.2, -0.15) is 0 Å². The summed E-state index contributed by atoms with van der Waals surface area (Å²) in [6, 6.07) is 1.01. The predicted octanol–water partition coefficient (Wildman–Crippen LogP) is 2.85. The highest BCUT2D eigenvalue weighted by Gasteiger charge is 2.33. The van der Waals surface area contributed by atoms with Gasteiger partial charge in [0.25, 0.3) is 0 Å². The van der Waals surface area contributed by atoms with E-state index < -0.39 is 0 Å². The third kappa shape index (κ3) is 3.21. The molecule has 2 fully saturated rings. The van der Waals surface area contributed by atoms with E-state index in [0.29, 0.717) is 17.5 Å². The number of rotatable bonds is 2. The average molecular weight is 225 g/mol. The maximum Gasteiger partial charge on any atom is 0.0693 e. The van der Waals surface area contributed by atoms with Crippen LogP contribution in [0.2, 0.25) is 0 Å². The molecule has 0 spiro atoms. The Morgan fingerprint density at radius 2 is 1.81 bits per heavy atom. The Labute approximate surface area is 99.8 Å². The van der Waals surface area contributed by atoms with E-state index in [1.165, 1.54) is 38.5 Å². The molecule has 2 aliphatic rings. The van der Waals surface area contributed by atoms with E-state index in [2.05, 4.69) is 19.2 Å². The summed E-state index contributed by atoms with van der Waals surface area (Å²) < 4.78 is 0. The largest absolute Gasteiger partial charge is 0.392 e. The molecule has 2 heteroatoms. The first-order chi connectivity index (χ1) is 7.57. The average Bonchev–Trinajstić information content (AvgIpc) is 2.41. The molecule has 3 unspecified atom stereocenters. The molecular weight excluding hydrogens is 198 g/mol. The molecule has 0 bridgehead atoms. The van der Waals surface area contributed by atoms with E-state index in [1.807, 2.05) is 0 Å². The second-order valence-corrected chi connectivity index (χ2v) is 6.58. The Morgan fingerprint density at radius 3 is 2.50 bits per heavy atom. The monoisotopic (exact) mass is 225 g/mol. The van der Waals surface area contributed by atoms with E-state index in [4.69, 9.17) is 0 Å². The summed E-state index contributed by atoms with van der Waals surface area (Å²) in [6.45, 7) is 4.72. The van der Waals surface area contributed by atoms with E-state index in [-0.39, 0.29) is 6.10 Å². The van der Waals surface area contributed by atoms with Crippen molar-refractivity contribution in [2.45, 2.75) is 83.4 Å². The Kier molecular flexibility index (Phi) is 3.91. The van der Waals surface area contributed by atoms with Crippen LogP contribution in [-0.2, 0) is 0 Å². The van der Waals surface area contributed by atoms with Crippen molar-refractivity contribution in [2.24, 2.45) is 5.41 Å². The molecule has 2 nitrogen and oxygen atoms in total. The summed E-state index contributed by atoms with van der Waals surface area (Å²) in [5.41, 5.74) is 0.507. The molecule has 0 saturated heterocycles. The maximum atomic E-state index is 10.1. The molecule has 0 aromatic heterocycles. The first kappa shape index (κ1) is 12.4. The zero-order valence-corrected chi connectivity index (χ0v) is 10.8. The Morgan fingerprint density at radius 1 is 1.06 bits per heavy atom. The van der Waals surface area contributed by atoms with Crippen molar-refractivity contribution < 1.29 is 5.11 Å². The SMILES string of the molecule is CC1(C)CCC(NC2CCCCCC2O)C1. The fourth-order valence-corrected chi connectivity index (χ4v) is 3.36. The smallest absolute Gasteiger partial charge is 0.0693 e. The first-order valence-corrected chi connectivity index (χ1v) is 7.01. The normalized spacial score (nSPS) is 39.6. The van der Waals surface area contributed by atoms with Gasteiger partial charge in [0.05, 0.1) is 6.10 Å². The number of nitrogens with one attached hydrogen (secondary N) is 1. The van der Waals surface area contributed by atoms with E-state index in [9.17, 15) is 5.11 Å². The van der Waals surface area contributed by atoms with Crippen molar-refractivity contribution in [3.05, 3.63) is 0 Å². The van der Waals surface area contributed by atoms with Gasteiger partial charge in [0, 0.05) is 12.1 Å². The van der Waals surface area contributed by atoms with Crippen molar-refractivity contribution in [1.82, 2.24) is 5.32 Å². The molecule has 3 atom stereocenters. The molecule has 0 aliphatic heterocycles. The quantitative estimate of drug-likeness (QED) is 0.708. The number of aliphatic hydroxyl groups is 1. The van der Waals surface area contributed by atoms with Gasteiger partial charge in [-0.1, -0.05) is 33.1 Å². The van der Waals surface area contributed by atoms with Crippen LogP contribution in [0.25, 0.3) is 0 Å². The van der Waals surface area contributed by atoms with Gasteiger partial charge < -0.3 is 10.4 Å². The minimum absolute atomic E-state index is 0.105. The van der Waals surface area contributed by atoms with Crippen LogP contribution in [0.3, 0.4) is 0 Å². The van der Waals surface area contributed by atoms with Crippen LogP contribution < -0.4 is 5.32 Å². The van der Waals surface area contributed by atoms with Gasteiger partial charge in [0.2, 0.25) is 0 Å². The maximum absolute atomic E-state index is 10.1. The number of aliphatic hydroxyl groups excluding tert-OH is 1. The molecule has 16 heavy (non-hydrogen) atoms. The molecule has 0 radical (unpaired) electrons. The predicted molar refractivity (Wildman–Crippen MR) is 67.4 cm³/mol. The van der Waals surface area contributed by atoms with Gasteiger partial charge in [-0.05, 0) is 37.5 Å². The Balaban J connectivity index is 1.84. The highest BCUT2D eigenvalue weighted by atomic mass is 16.3. The molecule has 0 heterocycles. The van der Waals surface area contributed by atoms with Crippen molar-refractivity contribution in [3.63, 3.8) is 0 Å². The molecular formula is C14H27NO. The standard InChI is InChI=1S/C14H27NO/c1-14(2)9-8-11(10-14)15-12-6-4-3-5-7-13(12)16/h11-13,15-16H,3-10H2,1-2H3. The van der Waals surface area contributed by atoms with Crippen LogP contribution in [0.4, 0.5) is 0 Å². The van der Waals surface area contributed by atoms with Crippen molar-refractivity contribution in [1.29, 1.82) is 0 Å². The van der Waals surface area contributed by atoms with Crippen molar-refractivity contribution >= 4 is 0 Å². The third-order valence-electron chi connectivity index (χ3n) is 4.40. The molecule has 2 saturated carbocycles. The summed E-state index contributed by atoms with van der Waals surface area (Å²) >= 11 is 0. The van der Waals surface area contributed by atoms with Gasteiger partial charge in [0.15, 0.2) is 0 Å². The van der Waals surface area contributed by atoms with E-state index in [1.54, 1.807) is 0 Å². The lowest BCUT2D eigenvalue weighted by molar-refractivity contribution is 0.113. The Bertz CT molecular complexity index is 227. The molecule has 0 aromatic rings. The first-order valence-electron chi connectivity index (χ1n) is 7.01. The van der Waals surface area contributed by atoms with E-state index >= 15 is 0 Å². The molecule has 0 amide bonds. The second-order valence-electron chi connectivity index (χ2n) is 6.58. The fraction of sp³-hybridized carbons (Fsp3) is 1.00. The highest BCUT2D eigenvalue weighted by Crippen LogP contribution is 2.37. The lowest BCUT2D eigenvalue weighted by atomic mass is 9.91. The zero-order chi connectivity index (χ0) is 11.6. The molecule has 0 aromatic carbocycles. The van der Waals surface area contributed by atoms with Crippen LogP contribution >= 0.6 is 0 Å². The fourth-order valence-electron chi connectivity index (χ4n) is 3.36. The van der Waals surface area contributed by atoms with Crippen LogP contribution in [0.5, 0.6) is 0 Å². The van der Waals surface area contributed by atoms with Crippen LogP contribution in [0.15, 0.2) is 0 Å². The topological polar surface area (TPSA) is 32.3 Å². The minimum Gasteiger partial charge on any atom is -0.392 e. The summed E-state index contributed by atoms with van der Waals surface area (Å²) in [4.78, 5) is 0. The zero-order valence-electron chi connectivity index (χ0n) is 10.8. The summed E-state index contributed by atoms with van der Waals surface area (Å²) in [6.07, 6.45) is 9.73. The third-order valence-corrected chi connectivity index (χ3v) is 4.40. The lowest BCUT2D eigenvalue weighted by Crippen LogP contribution is -2.44. The number of hydrogen-bond acceptors (Lipinski definition) is 2. The minimum atomic E-state index is -0.105. The molecule has 2 N–H and O–H groups in total. The van der Waals surface area contributed by atoms with Crippen molar-refractivity contribution in [2.75, 3.05) is 0 Å². The second kappa shape index (κ2) is 5.05. The summed E-state index contributed by atoms with van der Waals surface area (Å²) in [7, 11) is 0. The van der Waals surface area contributed by atoms with Crippen LogP contribution in [0, 0.1) is 5.41 Å². The molecule has 94 valence electrons. The Hall–Kier alpha value is -0.0800. The lowest BCUT2D eigenvalue weighted by Gasteiger charge is -2.26. The summed E-state index contributed by atoms with van der Waals surface area (Å²) in [5.74, 6) is 0. The van der Waals surface area contributed by atoms with Gasteiger partial charge in [0.1, 0.15) is 0 Å². The number of hydrogen-bond donors (Lipinski definition) is 2.